The zero-order chi connectivity index (χ0) is 10.9. The van der Waals surface area contributed by atoms with E-state index in [2.05, 4.69) is 0 Å². The lowest BCUT2D eigenvalue weighted by Crippen LogP contribution is -1.75. The predicted molar refractivity (Wildman–Crippen MR) is 50.3 cm³/mol. The van der Waals surface area contributed by atoms with Crippen molar-refractivity contribution in [2.75, 3.05) is 0 Å². The maximum atomic E-state index is 12.4. The second kappa shape index (κ2) is 9.10. The van der Waals surface area contributed by atoms with E-state index in [9.17, 15) is 13.2 Å². The molecule has 0 heterocycles. The molecule has 0 rings (SSSR count). The minimum Gasteiger partial charge on any atom is -0.212 e. The summed E-state index contributed by atoms with van der Waals surface area (Å²) in [6.07, 6.45) is 2.10. The molecule has 0 bridgehead atoms. The summed E-state index contributed by atoms with van der Waals surface area (Å²) in [4.78, 5) is 0. The van der Waals surface area contributed by atoms with E-state index in [0.717, 1.165) is 6.08 Å². The fourth-order valence-corrected chi connectivity index (χ4v) is 0.404. The Hall–Kier alpha value is -0.990. The van der Waals surface area contributed by atoms with Gasteiger partial charge in [0.05, 0.1) is 0 Å². The zero-order valence-corrected chi connectivity index (χ0v) is 8.37. The topological polar surface area (TPSA) is 0 Å². The second-order valence-electron chi connectivity index (χ2n) is 1.98. The zero-order valence-electron chi connectivity index (χ0n) is 8.37. The number of allylic oxidation sites excluding steroid dienone is 5. The van der Waals surface area contributed by atoms with Crippen LogP contribution in [-0.2, 0) is 0 Å². The minimum absolute atomic E-state index is 0.408. The van der Waals surface area contributed by atoms with Crippen LogP contribution in [0.1, 0.15) is 27.7 Å². The fourth-order valence-electron chi connectivity index (χ4n) is 0.404. The molecule has 0 N–H and O–H groups in total. The number of hydrogen-bond donors (Lipinski definition) is 0. The van der Waals surface area contributed by atoms with Crippen molar-refractivity contribution in [2.45, 2.75) is 27.7 Å². The molecule has 0 aromatic rings. The largest absolute Gasteiger partial charge is 0.212 e. The Kier molecular flexibility index (Phi) is 10.2. The van der Waals surface area contributed by atoms with Gasteiger partial charge in [0, 0.05) is 0 Å². The normalized spacial score (nSPS) is 13.6. The van der Waals surface area contributed by atoms with Crippen molar-refractivity contribution in [3.63, 3.8) is 0 Å². The number of rotatable bonds is 2. The van der Waals surface area contributed by atoms with Crippen molar-refractivity contribution >= 4 is 0 Å². The summed E-state index contributed by atoms with van der Waals surface area (Å²) in [5, 5.41) is 0. The molecule has 0 aromatic heterocycles. The summed E-state index contributed by atoms with van der Waals surface area (Å²) in [5.41, 5.74) is 0.541. The van der Waals surface area contributed by atoms with Crippen LogP contribution in [0.25, 0.3) is 0 Å². The Balaban J connectivity index is 0. The summed E-state index contributed by atoms with van der Waals surface area (Å²) in [7, 11) is 0. The van der Waals surface area contributed by atoms with E-state index < -0.39 is 18.0 Å². The molecule has 0 spiro atoms. The summed E-state index contributed by atoms with van der Waals surface area (Å²) in [5.74, 6) is -2.67. The highest BCUT2D eigenvalue weighted by atomic mass is 19.2. The molecule has 3 heteroatoms. The summed E-state index contributed by atoms with van der Waals surface area (Å²) >= 11 is 0. The molecule has 13 heavy (non-hydrogen) atoms. The smallest absolute Gasteiger partial charge is 0.186 e. The van der Waals surface area contributed by atoms with Crippen LogP contribution in [0, 0.1) is 0 Å². The summed E-state index contributed by atoms with van der Waals surface area (Å²) in [6, 6.07) is 0. The van der Waals surface area contributed by atoms with E-state index in [1.165, 1.54) is 0 Å². The summed E-state index contributed by atoms with van der Waals surface area (Å²) in [6.45, 7) is 7.27. The Morgan fingerprint density at radius 2 is 1.54 bits per heavy atom. The van der Waals surface area contributed by atoms with E-state index in [4.69, 9.17) is 0 Å². The average molecular weight is 192 g/mol. The molecule has 0 aliphatic carbocycles. The highest BCUT2D eigenvalue weighted by Crippen LogP contribution is 2.15. The first-order chi connectivity index (χ1) is 6.11. The van der Waals surface area contributed by atoms with Gasteiger partial charge in [-0.25, -0.2) is 13.2 Å². The Labute approximate surface area is 77.5 Å². The first-order valence-corrected chi connectivity index (χ1v) is 4.08. The molecular formula is C10H15F3. The third-order valence-electron chi connectivity index (χ3n) is 1.13. The minimum atomic E-state index is -1.48. The highest BCUT2D eigenvalue weighted by Gasteiger charge is 2.01. The van der Waals surface area contributed by atoms with Crippen LogP contribution in [0.5, 0.6) is 0 Å². The molecule has 0 fully saturated rings. The van der Waals surface area contributed by atoms with Crippen LogP contribution in [-0.4, -0.2) is 0 Å². The Bertz CT molecular complexity index is 212. The van der Waals surface area contributed by atoms with Gasteiger partial charge in [0.15, 0.2) is 11.7 Å². The van der Waals surface area contributed by atoms with Crippen LogP contribution in [0.2, 0.25) is 0 Å². The predicted octanol–water partition coefficient (Wildman–Crippen LogP) is 4.61. The molecule has 0 aliphatic rings. The van der Waals surface area contributed by atoms with Crippen molar-refractivity contribution in [3.05, 3.63) is 35.7 Å². The van der Waals surface area contributed by atoms with Gasteiger partial charge in [-0.1, -0.05) is 25.5 Å². The third-order valence-corrected chi connectivity index (χ3v) is 1.13. The number of hydrogen-bond acceptors (Lipinski definition) is 0. The van der Waals surface area contributed by atoms with E-state index in [1.54, 1.807) is 19.9 Å². The van der Waals surface area contributed by atoms with E-state index >= 15 is 0 Å². The molecule has 0 unspecified atom stereocenters. The lowest BCUT2D eigenvalue weighted by atomic mass is 10.2. The van der Waals surface area contributed by atoms with Crippen molar-refractivity contribution in [2.24, 2.45) is 0 Å². The highest BCUT2D eigenvalue weighted by molar-refractivity contribution is 5.26. The van der Waals surface area contributed by atoms with Gasteiger partial charge in [-0.3, -0.25) is 0 Å². The summed E-state index contributed by atoms with van der Waals surface area (Å²) < 4.78 is 35.8. The lowest BCUT2D eigenvalue weighted by Gasteiger charge is -1.91. The van der Waals surface area contributed by atoms with Gasteiger partial charge < -0.3 is 0 Å². The van der Waals surface area contributed by atoms with Crippen molar-refractivity contribution in [1.29, 1.82) is 0 Å². The van der Waals surface area contributed by atoms with Crippen LogP contribution in [0.3, 0.4) is 0 Å². The van der Waals surface area contributed by atoms with Crippen molar-refractivity contribution in [1.82, 2.24) is 0 Å². The molecule has 0 aromatic carbocycles. The third kappa shape index (κ3) is 7.37. The maximum absolute atomic E-state index is 12.4. The molecule has 0 radical (unpaired) electrons. The molecule has 0 saturated heterocycles. The monoisotopic (exact) mass is 192 g/mol. The first-order valence-electron chi connectivity index (χ1n) is 4.08. The molecule has 76 valence electrons. The molecule has 0 saturated carbocycles. The fraction of sp³-hybridized carbons (Fsp3) is 0.400. The Morgan fingerprint density at radius 1 is 1.08 bits per heavy atom. The average Bonchev–Trinajstić information content (AvgIpc) is 2.19. The molecule has 0 nitrogen and oxygen atoms in total. The van der Waals surface area contributed by atoms with Gasteiger partial charge in [-0.05, 0) is 19.9 Å². The molecule has 0 amide bonds. The van der Waals surface area contributed by atoms with Crippen LogP contribution in [0.4, 0.5) is 13.2 Å². The van der Waals surface area contributed by atoms with Gasteiger partial charge in [0.2, 0.25) is 0 Å². The molecule has 0 aliphatic heterocycles. The van der Waals surface area contributed by atoms with Gasteiger partial charge in [0.1, 0.15) is 6.33 Å². The van der Waals surface area contributed by atoms with Gasteiger partial charge in [0.25, 0.3) is 0 Å². The van der Waals surface area contributed by atoms with Crippen LogP contribution < -0.4 is 0 Å². The standard InChI is InChI=1S/C8H9F3.C2H6/c1-3-6(2)4-7(10)8(11)5-9;1-2/h3-5H,1-2H3;1-2H3/b6-3-,7-4+,8-5-;. The van der Waals surface area contributed by atoms with E-state index in [0.29, 0.717) is 5.57 Å². The maximum Gasteiger partial charge on any atom is 0.186 e. The molecule has 0 atom stereocenters. The molecular weight excluding hydrogens is 177 g/mol. The van der Waals surface area contributed by atoms with Crippen LogP contribution >= 0.6 is 0 Å². The van der Waals surface area contributed by atoms with E-state index in [1.807, 2.05) is 13.8 Å². The lowest BCUT2D eigenvalue weighted by molar-refractivity contribution is 0.520. The Morgan fingerprint density at radius 3 is 1.85 bits per heavy atom. The van der Waals surface area contributed by atoms with Crippen molar-refractivity contribution < 1.29 is 13.2 Å². The second-order valence-corrected chi connectivity index (χ2v) is 1.98. The number of halogens is 3. The van der Waals surface area contributed by atoms with Crippen LogP contribution in [0.15, 0.2) is 35.7 Å². The van der Waals surface area contributed by atoms with Gasteiger partial charge >= 0.3 is 0 Å². The van der Waals surface area contributed by atoms with E-state index in [-0.39, 0.29) is 0 Å². The quantitative estimate of drug-likeness (QED) is 0.560. The van der Waals surface area contributed by atoms with Crippen molar-refractivity contribution in [3.8, 4) is 0 Å². The first kappa shape index (κ1) is 14.5. The van der Waals surface area contributed by atoms with Gasteiger partial charge in [-0.2, -0.15) is 0 Å². The van der Waals surface area contributed by atoms with Gasteiger partial charge in [-0.15, -0.1) is 0 Å². The SMILES string of the molecule is CC.C\C=C(C)/C=C(F)\C(F)=C\F.